The summed E-state index contributed by atoms with van der Waals surface area (Å²) >= 11 is 0. The Hall–Kier alpha value is -1.43. The van der Waals surface area contributed by atoms with Gasteiger partial charge in [-0.05, 0) is 18.9 Å². The Bertz CT molecular complexity index is 411. The number of methoxy groups -OCH3 is 2. The number of rotatable bonds is 9. The molecule has 118 valence electrons. The van der Waals surface area contributed by atoms with Crippen LogP contribution in [0.2, 0.25) is 0 Å². The molecule has 1 rings (SSSR count). The Labute approximate surface area is 127 Å². The third-order valence-electron chi connectivity index (χ3n) is 3.37. The van der Waals surface area contributed by atoms with Crippen LogP contribution in [-0.2, 0) is 20.7 Å². The van der Waals surface area contributed by atoms with Gasteiger partial charge in [0.05, 0.1) is 25.3 Å². The van der Waals surface area contributed by atoms with E-state index in [-0.39, 0.29) is 11.9 Å². The van der Waals surface area contributed by atoms with Crippen molar-refractivity contribution in [3.05, 3.63) is 35.9 Å². The molecular weight excluding hydrogens is 268 g/mol. The molecule has 1 aromatic carbocycles. The zero-order valence-corrected chi connectivity index (χ0v) is 13.1. The van der Waals surface area contributed by atoms with E-state index >= 15 is 0 Å². The van der Waals surface area contributed by atoms with Gasteiger partial charge in [0.2, 0.25) is 5.91 Å². The van der Waals surface area contributed by atoms with Crippen LogP contribution in [-0.4, -0.2) is 56.9 Å². The van der Waals surface area contributed by atoms with E-state index in [4.69, 9.17) is 15.2 Å². The third-order valence-corrected chi connectivity index (χ3v) is 3.37. The second-order valence-corrected chi connectivity index (χ2v) is 5.13. The first-order chi connectivity index (χ1) is 10.1. The minimum absolute atomic E-state index is 0.0283. The van der Waals surface area contributed by atoms with Crippen LogP contribution in [0.1, 0.15) is 12.5 Å². The molecule has 0 aliphatic rings. The molecule has 0 bridgehead atoms. The van der Waals surface area contributed by atoms with Gasteiger partial charge < -0.3 is 20.1 Å². The van der Waals surface area contributed by atoms with Crippen LogP contribution in [0.25, 0.3) is 0 Å². The largest absolute Gasteiger partial charge is 0.383 e. The highest BCUT2D eigenvalue weighted by atomic mass is 16.5. The summed E-state index contributed by atoms with van der Waals surface area (Å²) in [5, 5.41) is 0. The minimum Gasteiger partial charge on any atom is -0.383 e. The molecule has 0 heterocycles. The second-order valence-electron chi connectivity index (χ2n) is 5.13. The number of nitrogens with zero attached hydrogens (tertiary/aromatic N) is 1. The van der Waals surface area contributed by atoms with Crippen molar-refractivity contribution >= 4 is 5.91 Å². The molecule has 0 fully saturated rings. The Balaban J connectivity index is 2.69. The maximum Gasteiger partial charge on any atom is 0.240 e. The van der Waals surface area contributed by atoms with Crippen molar-refractivity contribution in [1.82, 2.24) is 4.90 Å². The molecular formula is C16H26N2O3. The molecule has 0 radical (unpaired) electrons. The number of hydrogen-bond acceptors (Lipinski definition) is 4. The highest BCUT2D eigenvalue weighted by molar-refractivity contribution is 5.82. The summed E-state index contributed by atoms with van der Waals surface area (Å²) < 4.78 is 10.2. The molecule has 2 atom stereocenters. The van der Waals surface area contributed by atoms with Gasteiger partial charge in [0.25, 0.3) is 0 Å². The van der Waals surface area contributed by atoms with Gasteiger partial charge in [0.15, 0.2) is 0 Å². The zero-order valence-electron chi connectivity index (χ0n) is 13.1. The van der Waals surface area contributed by atoms with Crippen molar-refractivity contribution in [2.45, 2.75) is 25.4 Å². The van der Waals surface area contributed by atoms with Crippen molar-refractivity contribution in [2.75, 3.05) is 34.0 Å². The van der Waals surface area contributed by atoms with Crippen LogP contribution in [0.5, 0.6) is 0 Å². The molecule has 5 heteroatoms. The van der Waals surface area contributed by atoms with E-state index in [0.29, 0.717) is 26.2 Å². The molecule has 0 aliphatic carbocycles. The van der Waals surface area contributed by atoms with Gasteiger partial charge in [0, 0.05) is 20.8 Å². The summed E-state index contributed by atoms with van der Waals surface area (Å²) in [6.07, 6.45) is 0.531. The first-order valence-electron chi connectivity index (χ1n) is 7.18. The SMILES string of the molecule is COCCN(C(=O)[C@H](N)Cc1ccccc1)C(C)COC. The predicted molar refractivity (Wildman–Crippen MR) is 83.0 cm³/mol. The van der Waals surface area contributed by atoms with Gasteiger partial charge in [0.1, 0.15) is 0 Å². The smallest absolute Gasteiger partial charge is 0.240 e. The lowest BCUT2D eigenvalue weighted by Gasteiger charge is -2.31. The summed E-state index contributed by atoms with van der Waals surface area (Å²) in [6.45, 7) is 3.43. The van der Waals surface area contributed by atoms with Gasteiger partial charge in [-0.15, -0.1) is 0 Å². The van der Waals surface area contributed by atoms with Crippen molar-refractivity contribution in [3.8, 4) is 0 Å². The van der Waals surface area contributed by atoms with Crippen molar-refractivity contribution in [3.63, 3.8) is 0 Å². The molecule has 2 N–H and O–H groups in total. The number of carbonyl (C=O) groups excluding carboxylic acids is 1. The van der Waals surface area contributed by atoms with Crippen LogP contribution in [0, 0.1) is 0 Å². The fourth-order valence-corrected chi connectivity index (χ4v) is 2.24. The Morgan fingerprint density at radius 3 is 2.48 bits per heavy atom. The van der Waals surface area contributed by atoms with E-state index in [1.807, 2.05) is 37.3 Å². The first-order valence-corrected chi connectivity index (χ1v) is 7.18. The van der Waals surface area contributed by atoms with Gasteiger partial charge >= 0.3 is 0 Å². The van der Waals surface area contributed by atoms with Crippen LogP contribution in [0.15, 0.2) is 30.3 Å². The van der Waals surface area contributed by atoms with Crippen LogP contribution in [0.4, 0.5) is 0 Å². The number of nitrogens with two attached hydrogens (primary N) is 1. The quantitative estimate of drug-likeness (QED) is 0.740. The molecule has 1 amide bonds. The lowest BCUT2D eigenvalue weighted by molar-refractivity contribution is -0.136. The summed E-state index contributed by atoms with van der Waals surface area (Å²) in [4.78, 5) is 14.3. The lowest BCUT2D eigenvalue weighted by atomic mass is 10.0. The summed E-state index contributed by atoms with van der Waals surface area (Å²) in [5.41, 5.74) is 7.14. The Morgan fingerprint density at radius 1 is 1.24 bits per heavy atom. The molecule has 1 aromatic rings. The van der Waals surface area contributed by atoms with E-state index in [0.717, 1.165) is 5.56 Å². The Kier molecular flexibility index (Phi) is 7.97. The van der Waals surface area contributed by atoms with Crippen molar-refractivity contribution in [1.29, 1.82) is 0 Å². The molecule has 1 unspecified atom stereocenters. The van der Waals surface area contributed by atoms with E-state index < -0.39 is 6.04 Å². The Morgan fingerprint density at radius 2 is 1.90 bits per heavy atom. The molecule has 0 saturated heterocycles. The fourth-order valence-electron chi connectivity index (χ4n) is 2.24. The van der Waals surface area contributed by atoms with Crippen LogP contribution >= 0.6 is 0 Å². The zero-order chi connectivity index (χ0) is 15.7. The fraction of sp³-hybridized carbons (Fsp3) is 0.562. The second kappa shape index (κ2) is 9.50. The van der Waals surface area contributed by atoms with E-state index in [9.17, 15) is 4.79 Å². The number of ether oxygens (including phenoxy) is 2. The lowest BCUT2D eigenvalue weighted by Crippen LogP contribution is -2.51. The minimum atomic E-state index is -0.552. The number of benzene rings is 1. The van der Waals surface area contributed by atoms with Gasteiger partial charge in [-0.2, -0.15) is 0 Å². The highest BCUT2D eigenvalue weighted by Crippen LogP contribution is 2.07. The highest BCUT2D eigenvalue weighted by Gasteiger charge is 2.25. The molecule has 5 nitrogen and oxygen atoms in total. The molecule has 0 aliphatic heterocycles. The number of amides is 1. The maximum absolute atomic E-state index is 12.6. The number of hydrogen-bond donors (Lipinski definition) is 1. The average Bonchev–Trinajstić information content (AvgIpc) is 2.48. The van der Waals surface area contributed by atoms with Crippen molar-refractivity contribution in [2.24, 2.45) is 5.73 Å². The van der Waals surface area contributed by atoms with E-state index in [1.54, 1.807) is 19.1 Å². The number of carbonyl (C=O) groups is 1. The van der Waals surface area contributed by atoms with E-state index in [1.165, 1.54) is 0 Å². The van der Waals surface area contributed by atoms with E-state index in [2.05, 4.69) is 0 Å². The monoisotopic (exact) mass is 294 g/mol. The van der Waals surface area contributed by atoms with Gasteiger partial charge in [-0.25, -0.2) is 0 Å². The maximum atomic E-state index is 12.6. The van der Waals surface area contributed by atoms with Gasteiger partial charge in [-0.1, -0.05) is 30.3 Å². The molecule has 0 aromatic heterocycles. The summed E-state index contributed by atoms with van der Waals surface area (Å²) in [7, 11) is 3.24. The first kappa shape index (κ1) is 17.6. The molecule has 0 spiro atoms. The standard InChI is InChI=1S/C16H26N2O3/c1-13(12-21-3)18(9-10-20-2)16(19)15(17)11-14-7-5-4-6-8-14/h4-8,13,15H,9-12,17H2,1-3H3/t13?,15-/m1/s1. The van der Waals surface area contributed by atoms with Crippen LogP contribution in [0.3, 0.4) is 0 Å². The topological polar surface area (TPSA) is 64.8 Å². The third kappa shape index (κ3) is 5.83. The predicted octanol–water partition coefficient (Wildman–Crippen LogP) is 1.07. The summed E-state index contributed by atoms with van der Waals surface area (Å²) in [5.74, 6) is -0.0690. The van der Waals surface area contributed by atoms with Crippen LogP contribution < -0.4 is 5.73 Å². The normalized spacial score (nSPS) is 13.7. The summed E-state index contributed by atoms with van der Waals surface area (Å²) in [6, 6.07) is 9.22. The molecule has 21 heavy (non-hydrogen) atoms. The van der Waals surface area contributed by atoms with Crippen molar-refractivity contribution < 1.29 is 14.3 Å². The average molecular weight is 294 g/mol. The molecule has 0 saturated carbocycles. The van der Waals surface area contributed by atoms with Gasteiger partial charge in [-0.3, -0.25) is 4.79 Å².